The van der Waals surface area contributed by atoms with E-state index in [2.05, 4.69) is 10.4 Å². The van der Waals surface area contributed by atoms with Crippen molar-refractivity contribution in [3.8, 4) is 0 Å². The highest BCUT2D eigenvalue weighted by Crippen LogP contribution is 2.21. The lowest BCUT2D eigenvalue weighted by Crippen LogP contribution is -1.92. The van der Waals surface area contributed by atoms with Crippen molar-refractivity contribution in [2.75, 3.05) is 0 Å². The van der Waals surface area contributed by atoms with Crippen molar-refractivity contribution in [2.45, 2.75) is 25.9 Å². The third kappa shape index (κ3) is 2.22. The largest absolute Gasteiger partial charge is 0.150 e. The lowest BCUT2D eigenvalue weighted by atomic mass is 10.0. The van der Waals surface area contributed by atoms with Gasteiger partial charge in [0.25, 0.3) is 0 Å². The summed E-state index contributed by atoms with van der Waals surface area (Å²) in [5.74, 6) is 0. The smallest absolute Gasteiger partial charge is 0.114 e. The molecule has 0 radical (unpaired) electrons. The number of nitroso groups, excluding NO2 is 2. The third-order valence-electron chi connectivity index (χ3n) is 2.22. The van der Waals surface area contributed by atoms with Crippen LogP contribution in [0.15, 0.2) is 34.6 Å². The first-order valence-electron chi connectivity index (χ1n) is 4.43. The molecule has 0 aliphatic heterocycles. The van der Waals surface area contributed by atoms with E-state index in [0.29, 0.717) is 0 Å². The first-order valence-corrected chi connectivity index (χ1v) is 4.43. The molecule has 0 bridgehead atoms. The van der Waals surface area contributed by atoms with Gasteiger partial charge in [0.05, 0.1) is 0 Å². The summed E-state index contributed by atoms with van der Waals surface area (Å²) >= 11 is 0. The average molecular weight is 192 g/mol. The molecule has 0 N–H and O–H groups in total. The van der Waals surface area contributed by atoms with E-state index in [-0.39, 0.29) is 12.1 Å². The highest BCUT2D eigenvalue weighted by Gasteiger charge is 2.07. The molecule has 0 heterocycles. The van der Waals surface area contributed by atoms with Gasteiger partial charge in [0.2, 0.25) is 0 Å². The maximum absolute atomic E-state index is 10.3. The van der Waals surface area contributed by atoms with Crippen LogP contribution in [0.1, 0.15) is 37.1 Å². The Morgan fingerprint density at radius 3 is 1.36 bits per heavy atom. The fourth-order valence-corrected chi connectivity index (χ4v) is 1.17. The van der Waals surface area contributed by atoms with Crippen LogP contribution in [0.2, 0.25) is 0 Å². The van der Waals surface area contributed by atoms with Crippen molar-refractivity contribution in [3.63, 3.8) is 0 Å². The van der Waals surface area contributed by atoms with Crippen molar-refractivity contribution in [1.82, 2.24) is 0 Å². The van der Waals surface area contributed by atoms with Crippen molar-refractivity contribution in [2.24, 2.45) is 10.4 Å². The van der Waals surface area contributed by atoms with Crippen LogP contribution in [-0.2, 0) is 0 Å². The Bertz CT molecular complexity index is 288. The fraction of sp³-hybridized carbons (Fsp3) is 0.400. The van der Waals surface area contributed by atoms with Crippen molar-refractivity contribution >= 4 is 0 Å². The van der Waals surface area contributed by atoms with Gasteiger partial charge in [-0.3, -0.25) is 0 Å². The maximum Gasteiger partial charge on any atom is 0.114 e. The molecule has 4 nitrogen and oxygen atoms in total. The van der Waals surface area contributed by atoms with Crippen LogP contribution < -0.4 is 0 Å². The van der Waals surface area contributed by atoms with Crippen LogP contribution >= 0.6 is 0 Å². The minimum Gasteiger partial charge on any atom is -0.150 e. The first kappa shape index (κ1) is 10.5. The Morgan fingerprint density at radius 2 is 1.14 bits per heavy atom. The molecule has 2 atom stereocenters. The second-order valence-electron chi connectivity index (χ2n) is 3.23. The summed E-state index contributed by atoms with van der Waals surface area (Å²) in [4.78, 5) is 20.5. The highest BCUT2D eigenvalue weighted by atomic mass is 16.3. The van der Waals surface area contributed by atoms with Crippen molar-refractivity contribution < 1.29 is 0 Å². The summed E-state index contributed by atoms with van der Waals surface area (Å²) in [6.07, 6.45) is 0. The number of benzene rings is 1. The van der Waals surface area contributed by atoms with Crippen LogP contribution in [0.5, 0.6) is 0 Å². The van der Waals surface area contributed by atoms with E-state index >= 15 is 0 Å². The molecule has 0 aliphatic rings. The molecule has 0 spiro atoms. The Balaban J connectivity index is 2.88. The second kappa shape index (κ2) is 4.60. The Hall–Kier alpha value is -1.58. The van der Waals surface area contributed by atoms with Gasteiger partial charge >= 0.3 is 0 Å². The second-order valence-corrected chi connectivity index (χ2v) is 3.23. The zero-order valence-electron chi connectivity index (χ0n) is 8.18. The number of hydrogen-bond acceptors (Lipinski definition) is 4. The first-order chi connectivity index (χ1) is 6.69. The van der Waals surface area contributed by atoms with Gasteiger partial charge in [-0.1, -0.05) is 34.6 Å². The molecule has 14 heavy (non-hydrogen) atoms. The minimum absolute atomic E-state index is 0.344. The van der Waals surface area contributed by atoms with E-state index in [1.165, 1.54) is 0 Å². The zero-order chi connectivity index (χ0) is 10.6. The van der Waals surface area contributed by atoms with Gasteiger partial charge in [-0.05, 0) is 25.0 Å². The van der Waals surface area contributed by atoms with Gasteiger partial charge in [-0.25, -0.2) is 0 Å². The maximum atomic E-state index is 10.3. The molecule has 2 unspecified atom stereocenters. The summed E-state index contributed by atoms with van der Waals surface area (Å²) in [6, 6.07) is 6.49. The summed E-state index contributed by atoms with van der Waals surface area (Å²) in [5, 5.41) is 5.84. The summed E-state index contributed by atoms with van der Waals surface area (Å²) in [7, 11) is 0. The summed E-state index contributed by atoms with van der Waals surface area (Å²) in [5.41, 5.74) is 1.70. The van der Waals surface area contributed by atoms with Crippen LogP contribution in [0.3, 0.4) is 0 Å². The zero-order valence-corrected chi connectivity index (χ0v) is 8.18. The van der Waals surface area contributed by atoms with Gasteiger partial charge in [0, 0.05) is 0 Å². The molecular formula is C10H12N2O2. The Morgan fingerprint density at radius 1 is 0.857 bits per heavy atom. The Labute approximate surface area is 82.3 Å². The van der Waals surface area contributed by atoms with Crippen molar-refractivity contribution in [3.05, 3.63) is 45.2 Å². The van der Waals surface area contributed by atoms with E-state index in [1.54, 1.807) is 38.1 Å². The SMILES string of the molecule is CC(N=O)c1ccc(C(C)N=O)cc1. The van der Waals surface area contributed by atoms with Gasteiger partial charge < -0.3 is 0 Å². The monoisotopic (exact) mass is 192 g/mol. The molecule has 1 rings (SSSR count). The fourth-order valence-electron chi connectivity index (χ4n) is 1.17. The lowest BCUT2D eigenvalue weighted by Gasteiger charge is -2.06. The highest BCUT2D eigenvalue weighted by molar-refractivity contribution is 5.26. The summed E-state index contributed by atoms with van der Waals surface area (Å²) in [6.45, 7) is 3.45. The molecule has 0 fully saturated rings. The minimum atomic E-state index is -0.344. The van der Waals surface area contributed by atoms with E-state index in [0.717, 1.165) is 11.1 Å². The quantitative estimate of drug-likeness (QED) is 0.687. The molecule has 0 saturated carbocycles. The molecule has 0 saturated heterocycles. The van der Waals surface area contributed by atoms with Gasteiger partial charge in [-0.15, -0.1) is 0 Å². The van der Waals surface area contributed by atoms with Crippen LogP contribution in [0, 0.1) is 9.81 Å². The van der Waals surface area contributed by atoms with Crippen LogP contribution in [0.25, 0.3) is 0 Å². The number of rotatable bonds is 4. The number of nitrogens with zero attached hydrogens (tertiary/aromatic N) is 2. The van der Waals surface area contributed by atoms with Gasteiger partial charge in [0.15, 0.2) is 0 Å². The van der Waals surface area contributed by atoms with E-state index < -0.39 is 0 Å². The lowest BCUT2D eigenvalue weighted by molar-refractivity contribution is 0.793. The standard InChI is InChI=1S/C10H12N2O2/c1-7(11-13)9-3-5-10(6-4-9)8(2)12-14/h3-8H,1-2H3. The van der Waals surface area contributed by atoms with Crippen molar-refractivity contribution in [1.29, 1.82) is 0 Å². The summed E-state index contributed by atoms with van der Waals surface area (Å²) < 4.78 is 0. The molecule has 1 aromatic rings. The molecular weight excluding hydrogens is 180 g/mol. The molecule has 1 aromatic carbocycles. The van der Waals surface area contributed by atoms with Gasteiger partial charge in [0.1, 0.15) is 12.1 Å². The third-order valence-corrected chi connectivity index (χ3v) is 2.22. The molecule has 74 valence electrons. The number of hydrogen-bond donors (Lipinski definition) is 0. The topological polar surface area (TPSA) is 58.9 Å². The van der Waals surface area contributed by atoms with E-state index in [4.69, 9.17) is 0 Å². The van der Waals surface area contributed by atoms with Crippen LogP contribution in [0.4, 0.5) is 0 Å². The molecule has 0 aliphatic carbocycles. The van der Waals surface area contributed by atoms with Crippen LogP contribution in [-0.4, -0.2) is 0 Å². The van der Waals surface area contributed by atoms with E-state index in [1.807, 2.05) is 0 Å². The predicted molar refractivity (Wildman–Crippen MR) is 54.9 cm³/mol. The molecule has 4 heteroatoms. The molecule has 0 amide bonds. The predicted octanol–water partition coefficient (Wildman–Crippen LogP) is 3.34. The molecule has 0 aromatic heterocycles. The van der Waals surface area contributed by atoms with Gasteiger partial charge in [-0.2, -0.15) is 9.81 Å². The van der Waals surface area contributed by atoms with E-state index in [9.17, 15) is 9.81 Å². The normalized spacial score (nSPS) is 14.4. The Kier molecular flexibility index (Phi) is 3.45. The average Bonchev–Trinajstić information content (AvgIpc) is 2.27.